The van der Waals surface area contributed by atoms with Crippen LogP contribution in [0.5, 0.6) is 0 Å². The van der Waals surface area contributed by atoms with Gasteiger partial charge in [-0.15, -0.1) is 0 Å². The molecule has 0 saturated heterocycles. The van der Waals surface area contributed by atoms with Crippen LogP contribution in [0.4, 0.5) is 5.69 Å². The molecular weight excluding hydrogens is 428 g/mol. The zero-order valence-corrected chi connectivity index (χ0v) is 19.6. The molecule has 5 heteroatoms. The SMILES string of the molecule is COCc1nccc(N(OCc2ccccc2)C2CCC(C(C)(C)C)CC2)c1Br. The number of anilines is 1. The molecule has 0 unspecified atom stereocenters. The van der Waals surface area contributed by atoms with Crippen LogP contribution >= 0.6 is 15.9 Å². The van der Waals surface area contributed by atoms with Crippen molar-refractivity contribution in [3.63, 3.8) is 0 Å². The number of pyridine rings is 1. The van der Waals surface area contributed by atoms with Gasteiger partial charge in [0, 0.05) is 13.3 Å². The first-order valence-corrected chi connectivity index (χ1v) is 11.3. The fourth-order valence-electron chi connectivity index (χ4n) is 4.15. The monoisotopic (exact) mass is 460 g/mol. The fourth-order valence-corrected chi connectivity index (χ4v) is 4.67. The average molecular weight is 461 g/mol. The van der Waals surface area contributed by atoms with Gasteiger partial charge < -0.3 is 4.74 Å². The second kappa shape index (κ2) is 10.1. The van der Waals surface area contributed by atoms with Crippen molar-refractivity contribution < 1.29 is 9.57 Å². The Morgan fingerprint density at radius 3 is 2.34 bits per heavy atom. The zero-order valence-electron chi connectivity index (χ0n) is 18.0. The molecule has 0 aliphatic heterocycles. The summed E-state index contributed by atoms with van der Waals surface area (Å²) < 4.78 is 6.27. The van der Waals surface area contributed by atoms with Gasteiger partial charge in [-0.05, 0) is 64.6 Å². The Kier molecular flexibility index (Phi) is 7.72. The minimum Gasteiger partial charge on any atom is -0.378 e. The summed E-state index contributed by atoms with van der Waals surface area (Å²) in [5.74, 6) is 0.764. The number of nitrogens with zero attached hydrogens (tertiary/aromatic N) is 2. The number of hydrogen-bond donors (Lipinski definition) is 0. The largest absolute Gasteiger partial charge is 0.378 e. The first-order valence-electron chi connectivity index (χ1n) is 10.5. The van der Waals surface area contributed by atoms with Crippen LogP contribution in [0.2, 0.25) is 0 Å². The summed E-state index contributed by atoms with van der Waals surface area (Å²) >= 11 is 3.76. The Labute approximate surface area is 183 Å². The lowest BCUT2D eigenvalue weighted by atomic mass is 9.71. The van der Waals surface area contributed by atoms with Crippen LogP contribution in [-0.2, 0) is 22.8 Å². The van der Waals surface area contributed by atoms with Crippen molar-refractivity contribution in [1.82, 2.24) is 4.98 Å². The van der Waals surface area contributed by atoms with Crippen LogP contribution in [0.3, 0.4) is 0 Å². The molecular formula is C24H33BrN2O2. The van der Waals surface area contributed by atoms with E-state index in [9.17, 15) is 0 Å². The van der Waals surface area contributed by atoms with Gasteiger partial charge in [0.2, 0.25) is 0 Å². The lowest BCUT2D eigenvalue weighted by Gasteiger charge is -2.41. The molecule has 2 aromatic rings. The first kappa shape index (κ1) is 22.3. The van der Waals surface area contributed by atoms with Gasteiger partial charge in [-0.1, -0.05) is 51.1 Å². The van der Waals surface area contributed by atoms with E-state index in [-0.39, 0.29) is 0 Å². The Bertz CT molecular complexity index is 768. The van der Waals surface area contributed by atoms with E-state index in [4.69, 9.17) is 9.57 Å². The molecule has 0 amide bonds. The molecule has 3 rings (SSSR count). The Morgan fingerprint density at radius 1 is 1.03 bits per heavy atom. The minimum absolute atomic E-state index is 0.353. The molecule has 0 N–H and O–H groups in total. The third-order valence-corrected chi connectivity index (χ3v) is 6.79. The summed E-state index contributed by atoms with van der Waals surface area (Å²) in [6, 6.07) is 12.7. The highest BCUT2D eigenvalue weighted by Gasteiger charge is 2.33. The van der Waals surface area contributed by atoms with Crippen LogP contribution in [0.25, 0.3) is 0 Å². The first-order chi connectivity index (χ1) is 13.9. The van der Waals surface area contributed by atoms with E-state index < -0.39 is 0 Å². The number of rotatable bonds is 7. The maximum Gasteiger partial charge on any atom is 0.0999 e. The normalized spacial score (nSPS) is 19.9. The van der Waals surface area contributed by atoms with Crippen molar-refractivity contribution in [1.29, 1.82) is 0 Å². The van der Waals surface area contributed by atoms with E-state index in [1.165, 1.54) is 18.4 Å². The van der Waals surface area contributed by atoms with Gasteiger partial charge in [0.05, 0.1) is 35.1 Å². The smallest absolute Gasteiger partial charge is 0.0999 e. The molecule has 4 nitrogen and oxygen atoms in total. The van der Waals surface area contributed by atoms with E-state index >= 15 is 0 Å². The molecule has 0 radical (unpaired) electrons. The van der Waals surface area contributed by atoms with Crippen LogP contribution in [0, 0.1) is 11.3 Å². The average Bonchev–Trinajstić information content (AvgIpc) is 2.71. The number of hydrogen-bond acceptors (Lipinski definition) is 4. The van der Waals surface area contributed by atoms with E-state index in [2.05, 4.69) is 71.0 Å². The van der Waals surface area contributed by atoms with Crippen LogP contribution in [-0.4, -0.2) is 18.1 Å². The molecule has 158 valence electrons. The Hall–Kier alpha value is -1.43. The molecule has 1 heterocycles. The number of benzene rings is 1. The van der Waals surface area contributed by atoms with Crippen molar-refractivity contribution in [2.45, 2.75) is 65.7 Å². The van der Waals surface area contributed by atoms with Gasteiger partial charge in [0.15, 0.2) is 0 Å². The van der Waals surface area contributed by atoms with Crippen molar-refractivity contribution in [3.05, 3.63) is 58.3 Å². The van der Waals surface area contributed by atoms with Crippen molar-refractivity contribution >= 4 is 21.6 Å². The molecule has 0 spiro atoms. The molecule has 1 aromatic heterocycles. The highest BCUT2D eigenvalue weighted by molar-refractivity contribution is 9.10. The van der Waals surface area contributed by atoms with Gasteiger partial charge in [0.1, 0.15) is 0 Å². The van der Waals surface area contributed by atoms with E-state index in [0.29, 0.717) is 24.7 Å². The molecule has 0 atom stereocenters. The molecule has 1 aliphatic rings. The number of methoxy groups -OCH3 is 1. The lowest BCUT2D eigenvalue weighted by Crippen LogP contribution is -2.40. The van der Waals surface area contributed by atoms with Crippen LogP contribution < -0.4 is 5.06 Å². The van der Waals surface area contributed by atoms with E-state index in [1.54, 1.807) is 7.11 Å². The molecule has 1 fully saturated rings. The second-order valence-corrected chi connectivity index (χ2v) is 9.77. The van der Waals surface area contributed by atoms with Gasteiger partial charge in [0.25, 0.3) is 0 Å². The highest BCUT2D eigenvalue weighted by atomic mass is 79.9. The Balaban J connectivity index is 1.82. The summed E-state index contributed by atoms with van der Waals surface area (Å²) in [6.07, 6.45) is 6.56. The third-order valence-electron chi connectivity index (χ3n) is 5.93. The molecule has 1 saturated carbocycles. The molecule has 29 heavy (non-hydrogen) atoms. The van der Waals surface area contributed by atoms with Crippen LogP contribution in [0.15, 0.2) is 47.1 Å². The summed E-state index contributed by atoms with van der Waals surface area (Å²) in [6.45, 7) is 8.10. The summed E-state index contributed by atoms with van der Waals surface area (Å²) in [4.78, 5) is 10.9. The predicted molar refractivity (Wildman–Crippen MR) is 122 cm³/mol. The third kappa shape index (κ3) is 5.80. The van der Waals surface area contributed by atoms with Gasteiger partial charge in [-0.25, -0.2) is 5.06 Å². The van der Waals surface area contributed by atoms with Gasteiger partial charge >= 0.3 is 0 Å². The summed E-state index contributed by atoms with van der Waals surface area (Å²) in [5.41, 5.74) is 3.45. The van der Waals surface area contributed by atoms with Gasteiger partial charge in [-0.3, -0.25) is 9.82 Å². The van der Waals surface area contributed by atoms with Crippen molar-refractivity contribution in [2.24, 2.45) is 11.3 Å². The number of aromatic nitrogens is 1. The Morgan fingerprint density at radius 2 is 1.72 bits per heavy atom. The zero-order chi connectivity index (χ0) is 20.9. The van der Waals surface area contributed by atoms with Gasteiger partial charge in [-0.2, -0.15) is 0 Å². The number of halogens is 1. The number of hydroxylamine groups is 1. The number of ether oxygens (including phenoxy) is 1. The second-order valence-electron chi connectivity index (χ2n) is 8.98. The summed E-state index contributed by atoms with van der Waals surface area (Å²) in [7, 11) is 1.69. The minimum atomic E-state index is 0.353. The maximum atomic E-state index is 6.42. The predicted octanol–water partition coefficient (Wildman–Crippen LogP) is 6.53. The molecule has 1 aliphatic carbocycles. The maximum absolute atomic E-state index is 6.42. The topological polar surface area (TPSA) is 34.6 Å². The lowest BCUT2D eigenvalue weighted by molar-refractivity contribution is 0.0500. The highest BCUT2D eigenvalue weighted by Crippen LogP contribution is 2.41. The molecule has 0 bridgehead atoms. The van der Waals surface area contributed by atoms with Crippen molar-refractivity contribution in [2.75, 3.05) is 12.2 Å². The van der Waals surface area contributed by atoms with Crippen LogP contribution in [0.1, 0.15) is 57.7 Å². The summed E-state index contributed by atoms with van der Waals surface area (Å²) in [5, 5.41) is 2.12. The quantitative estimate of drug-likeness (QED) is 0.439. The van der Waals surface area contributed by atoms with E-state index in [0.717, 1.165) is 34.6 Å². The fraction of sp³-hybridized carbons (Fsp3) is 0.542. The van der Waals surface area contributed by atoms with Crippen molar-refractivity contribution in [3.8, 4) is 0 Å². The molecule has 1 aromatic carbocycles. The van der Waals surface area contributed by atoms with E-state index in [1.807, 2.05) is 18.3 Å². The standard InChI is InChI=1S/C24H33BrN2O2/c1-24(2,3)19-10-12-20(13-11-19)27(29-16-18-8-6-5-7-9-18)22-14-15-26-21(17-28-4)23(22)25/h5-9,14-15,19-20H,10-13,16-17H2,1-4H3.